The topological polar surface area (TPSA) is 115 Å². The molecule has 2 aromatic rings. The van der Waals surface area contributed by atoms with Crippen molar-refractivity contribution in [3.05, 3.63) is 42.5 Å². The van der Waals surface area contributed by atoms with E-state index in [1.165, 1.54) is 12.1 Å². The summed E-state index contributed by atoms with van der Waals surface area (Å²) in [7, 11) is -3.57. The van der Waals surface area contributed by atoms with Crippen LogP contribution < -0.4 is 4.84 Å². The Morgan fingerprint density at radius 3 is 2.23 bits per heavy atom. The Labute approximate surface area is 126 Å². The highest BCUT2D eigenvalue weighted by Crippen LogP contribution is 2.18. The normalized spacial score (nSPS) is 11.1. The van der Waals surface area contributed by atoms with Crippen LogP contribution in [0.4, 0.5) is 4.79 Å². The molecule has 0 spiro atoms. The van der Waals surface area contributed by atoms with Gasteiger partial charge in [0, 0.05) is 12.1 Å². The van der Waals surface area contributed by atoms with E-state index in [4.69, 9.17) is 0 Å². The molecule has 0 saturated heterocycles. The second kappa shape index (κ2) is 6.39. The zero-order valence-corrected chi connectivity index (χ0v) is 12.1. The van der Waals surface area contributed by atoms with Gasteiger partial charge in [-0.05, 0) is 12.1 Å². The van der Waals surface area contributed by atoms with Crippen molar-refractivity contribution in [2.75, 3.05) is 12.4 Å². The van der Waals surface area contributed by atoms with Crippen molar-refractivity contribution in [1.29, 1.82) is 0 Å². The van der Waals surface area contributed by atoms with Crippen LogP contribution in [-0.2, 0) is 14.6 Å². The quantitative estimate of drug-likeness (QED) is 0.785. The Kier molecular flexibility index (Phi) is 4.56. The van der Waals surface area contributed by atoms with E-state index in [9.17, 15) is 23.4 Å². The van der Waals surface area contributed by atoms with Crippen LogP contribution in [0, 0.1) is 0 Å². The smallest absolute Gasteiger partial charge is 0.492 e. The molecule has 1 heterocycles. The van der Waals surface area contributed by atoms with Crippen molar-refractivity contribution >= 4 is 16.0 Å². The van der Waals surface area contributed by atoms with Crippen LogP contribution in [0.5, 0.6) is 11.8 Å². The molecule has 8 nitrogen and oxygen atoms in total. The fourth-order valence-electron chi connectivity index (χ4n) is 1.58. The van der Waals surface area contributed by atoms with Crippen molar-refractivity contribution in [3.8, 4) is 11.8 Å². The highest BCUT2D eigenvalue weighted by molar-refractivity contribution is 7.91. The predicted octanol–water partition coefficient (Wildman–Crippen LogP) is 0.938. The van der Waals surface area contributed by atoms with Crippen LogP contribution in [0.2, 0.25) is 0 Å². The maximum atomic E-state index is 11.9. The van der Waals surface area contributed by atoms with E-state index < -0.39 is 40.1 Å². The standard InChI is InChI=1S/C13H13NO7S/c15-11-6-7-12(16)14(11)21-13(17)20-8-9-22(18,19)10-4-2-1-3-5-10/h1-7,15-16H,8-9H2. The largest absolute Gasteiger partial charge is 0.533 e. The Morgan fingerprint density at radius 1 is 1.05 bits per heavy atom. The van der Waals surface area contributed by atoms with Gasteiger partial charge in [0.2, 0.25) is 11.8 Å². The van der Waals surface area contributed by atoms with Gasteiger partial charge in [-0.3, -0.25) is 4.84 Å². The third-order valence-electron chi connectivity index (χ3n) is 2.64. The maximum Gasteiger partial charge on any atom is 0.533 e. The molecule has 1 aromatic heterocycles. The molecule has 118 valence electrons. The van der Waals surface area contributed by atoms with E-state index in [1.54, 1.807) is 18.2 Å². The van der Waals surface area contributed by atoms with Gasteiger partial charge in [0.15, 0.2) is 9.84 Å². The number of hydrogen-bond donors (Lipinski definition) is 2. The number of rotatable bonds is 5. The van der Waals surface area contributed by atoms with Gasteiger partial charge in [-0.25, -0.2) is 13.2 Å². The first-order valence-corrected chi connectivity index (χ1v) is 7.78. The first kappa shape index (κ1) is 15.7. The summed E-state index contributed by atoms with van der Waals surface area (Å²) in [6.07, 6.45) is -1.26. The van der Waals surface area contributed by atoms with E-state index in [2.05, 4.69) is 9.57 Å². The number of aromatic nitrogens is 1. The van der Waals surface area contributed by atoms with Crippen molar-refractivity contribution in [3.63, 3.8) is 0 Å². The molecule has 0 aliphatic heterocycles. The summed E-state index contributed by atoms with van der Waals surface area (Å²) < 4.78 is 28.9. The third-order valence-corrected chi connectivity index (χ3v) is 4.33. The lowest BCUT2D eigenvalue weighted by molar-refractivity contribution is 0.0390. The first-order chi connectivity index (χ1) is 10.4. The molecular formula is C13H13NO7S. The van der Waals surface area contributed by atoms with Crippen molar-refractivity contribution in [2.45, 2.75) is 4.90 Å². The summed E-state index contributed by atoms with van der Waals surface area (Å²) in [6, 6.07) is 9.92. The first-order valence-electron chi connectivity index (χ1n) is 6.13. The molecule has 0 aliphatic carbocycles. The fourth-order valence-corrected chi connectivity index (χ4v) is 2.69. The van der Waals surface area contributed by atoms with E-state index >= 15 is 0 Å². The zero-order chi connectivity index (χ0) is 16.2. The Hall–Kier alpha value is -2.68. The minimum atomic E-state index is -3.57. The second-order valence-electron chi connectivity index (χ2n) is 4.17. The zero-order valence-electron chi connectivity index (χ0n) is 11.2. The van der Waals surface area contributed by atoms with Gasteiger partial charge in [-0.2, -0.15) is 0 Å². The van der Waals surface area contributed by atoms with Gasteiger partial charge < -0.3 is 14.9 Å². The number of hydrogen-bond acceptors (Lipinski definition) is 7. The molecule has 0 bridgehead atoms. The van der Waals surface area contributed by atoms with E-state index in [1.807, 2.05) is 0 Å². The number of sulfone groups is 1. The Balaban J connectivity index is 1.87. The molecule has 1 aromatic carbocycles. The van der Waals surface area contributed by atoms with E-state index in [-0.39, 0.29) is 4.90 Å². The number of carbonyl (C=O) groups excluding carboxylic acids is 1. The van der Waals surface area contributed by atoms with Crippen LogP contribution in [0.3, 0.4) is 0 Å². The van der Waals surface area contributed by atoms with Crippen molar-refractivity contribution < 1.29 is 33.0 Å². The van der Waals surface area contributed by atoms with Crippen LogP contribution in [-0.4, -0.2) is 41.9 Å². The van der Waals surface area contributed by atoms with Crippen molar-refractivity contribution in [1.82, 2.24) is 4.73 Å². The van der Waals surface area contributed by atoms with Gasteiger partial charge in [0.25, 0.3) is 0 Å². The van der Waals surface area contributed by atoms with Gasteiger partial charge in [0.1, 0.15) is 6.61 Å². The average Bonchev–Trinajstić information content (AvgIpc) is 2.80. The molecule has 9 heteroatoms. The van der Waals surface area contributed by atoms with Gasteiger partial charge in [0.05, 0.1) is 10.6 Å². The lowest BCUT2D eigenvalue weighted by atomic mass is 10.4. The van der Waals surface area contributed by atoms with E-state index in [0.29, 0.717) is 4.73 Å². The lowest BCUT2D eigenvalue weighted by Gasteiger charge is -2.08. The molecule has 2 rings (SSSR count). The van der Waals surface area contributed by atoms with E-state index in [0.717, 1.165) is 12.1 Å². The molecule has 0 fully saturated rings. The molecule has 0 atom stereocenters. The van der Waals surface area contributed by atoms with Gasteiger partial charge in [-0.15, -0.1) is 4.73 Å². The number of nitrogens with zero attached hydrogens (tertiary/aromatic N) is 1. The minimum Gasteiger partial charge on any atom is -0.492 e. The van der Waals surface area contributed by atoms with Gasteiger partial charge >= 0.3 is 6.16 Å². The lowest BCUT2D eigenvalue weighted by Crippen LogP contribution is -2.23. The van der Waals surface area contributed by atoms with Crippen LogP contribution in [0.1, 0.15) is 0 Å². The fraction of sp³-hybridized carbons (Fsp3) is 0.154. The highest BCUT2D eigenvalue weighted by Gasteiger charge is 2.17. The maximum absolute atomic E-state index is 11.9. The molecule has 22 heavy (non-hydrogen) atoms. The highest BCUT2D eigenvalue weighted by atomic mass is 32.2. The number of carbonyl (C=O) groups is 1. The Bertz CT molecular complexity index is 732. The summed E-state index contributed by atoms with van der Waals surface area (Å²) in [4.78, 5) is 16.0. The monoisotopic (exact) mass is 327 g/mol. The molecule has 0 aliphatic rings. The number of benzene rings is 1. The van der Waals surface area contributed by atoms with Gasteiger partial charge in [-0.1, -0.05) is 18.2 Å². The second-order valence-corrected chi connectivity index (χ2v) is 6.27. The van der Waals surface area contributed by atoms with Crippen LogP contribution in [0.15, 0.2) is 47.4 Å². The molecule has 2 N–H and O–H groups in total. The summed E-state index contributed by atoms with van der Waals surface area (Å²) in [6.45, 7) is -0.432. The van der Waals surface area contributed by atoms with Crippen LogP contribution >= 0.6 is 0 Å². The van der Waals surface area contributed by atoms with Crippen molar-refractivity contribution in [2.24, 2.45) is 0 Å². The molecule has 0 amide bonds. The van der Waals surface area contributed by atoms with Crippen LogP contribution in [0.25, 0.3) is 0 Å². The minimum absolute atomic E-state index is 0.118. The summed E-state index contributed by atoms with van der Waals surface area (Å²) >= 11 is 0. The third kappa shape index (κ3) is 3.70. The summed E-state index contributed by atoms with van der Waals surface area (Å²) in [5, 5.41) is 18.5. The SMILES string of the molecule is O=C(OCCS(=O)(=O)c1ccccc1)On1c(O)ccc1O. The molecular weight excluding hydrogens is 314 g/mol. The molecule has 0 unspecified atom stereocenters. The predicted molar refractivity (Wildman–Crippen MR) is 74.2 cm³/mol. The Morgan fingerprint density at radius 2 is 1.64 bits per heavy atom. The summed E-state index contributed by atoms with van der Waals surface area (Å²) in [5.41, 5.74) is 0. The number of aromatic hydroxyl groups is 2. The number of ether oxygens (including phenoxy) is 1. The molecule has 0 radical (unpaired) electrons. The summed E-state index contributed by atoms with van der Waals surface area (Å²) in [5.74, 6) is -1.44. The average molecular weight is 327 g/mol. The molecule has 0 saturated carbocycles.